The molecule has 0 aliphatic heterocycles. The molecule has 0 radical (unpaired) electrons. The van der Waals surface area contributed by atoms with Crippen LogP contribution in [0.4, 0.5) is 24.9 Å². The molecule has 3 N–H and O–H groups in total. The lowest BCUT2D eigenvalue weighted by molar-refractivity contribution is -0.137. The number of halogens is 3. The maximum Gasteiger partial charge on any atom is 0.416 e. The lowest BCUT2D eigenvalue weighted by Crippen LogP contribution is -2.10. The van der Waals surface area contributed by atoms with E-state index in [0.29, 0.717) is 41.5 Å². The molecule has 0 amide bonds. The Hall–Kier alpha value is -3.66. The van der Waals surface area contributed by atoms with Gasteiger partial charge in [-0.1, -0.05) is 30.3 Å². The number of hydrogen-bond acceptors (Lipinski definition) is 6. The summed E-state index contributed by atoms with van der Waals surface area (Å²) >= 11 is 0. The molecule has 7 nitrogen and oxygen atoms in total. The Morgan fingerprint density at radius 1 is 1.03 bits per heavy atom. The van der Waals surface area contributed by atoms with Gasteiger partial charge in [-0.3, -0.25) is 0 Å². The summed E-state index contributed by atoms with van der Waals surface area (Å²) in [6, 6.07) is 14.0. The molecule has 2 aromatic carbocycles. The minimum atomic E-state index is -4.42. The second-order valence-electron chi connectivity index (χ2n) is 6.72. The monoisotopic (exact) mass is 428 g/mol. The van der Waals surface area contributed by atoms with Gasteiger partial charge in [0.15, 0.2) is 5.65 Å². The molecule has 2 aromatic heterocycles. The van der Waals surface area contributed by atoms with Gasteiger partial charge in [0.2, 0.25) is 5.95 Å². The summed E-state index contributed by atoms with van der Waals surface area (Å²) in [5, 5.41) is 8.03. The smallest absolute Gasteiger partial charge is 0.383 e. The number of nitrogens with two attached hydrogens (primary N) is 1. The molecule has 0 unspecified atom stereocenters. The molecule has 0 atom stereocenters. The van der Waals surface area contributed by atoms with Crippen LogP contribution in [-0.2, 0) is 10.9 Å². The Balaban J connectivity index is 1.85. The molecule has 0 fully saturated rings. The normalized spacial score (nSPS) is 11.7. The third-order valence-corrected chi connectivity index (χ3v) is 4.64. The number of nitrogens with one attached hydrogen (secondary N) is 1. The van der Waals surface area contributed by atoms with E-state index < -0.39 is 11.7 Å². The fourth-order valence-corrected chi connectivity index (χ4v) is 3.15. The van der Waals surface area contributed by atoms with E-state index in [4.69, 9.17) is 10.5 Å². The zero-order valence-electron chi connectivity index (χ0n) is 16.5. The second kappa shape index (κ2) is 8.23. The first-order valence-corrected chi connectivity index (χ1v) is 9.40. The maximum absolute atomic E-state index is 12.9. The highest BCUT2D eigenvalue weighted by molar-refractivity contribution is 5.99. The standard InChI is InChI=1S/C21H19F3N6O/c1-31-12-11-26-20-27-17(13-5-3-2-4-6-13)16-18(25)30(29-19(16)28-20)15-9-7-14(8-10-15)21(22,23)24/h2-10H,11-12,25H2,1H3,(H,26,28,29). The molecule has 0 saturated heterocycles. The van der Waals surface area contributed by atoms with E-state index >= 15 is 0 Å². The molecule has 0 bridgehead atoms. The van der Waals surface area contributed by atoms with Gasteiger partial charge in [0, 0.05) is 19.2 Å². The van der Waals surface area contributed by atoms with Crippen molar-refractivity contribution >= 4 is 22.8 Å². The number of nitrogens with zero attached hydrogens (tertiary/aromatic N) is 4. The third-order valence-electron chi connectivity index (χ3n) is 4.64. The highest BCUT2D eigenvalue weighted by Gasteiger charge is 2.30. The Kier molecular flexibility index (Phi) is 5.47. The molecule has 0 aliphatic rings. The van der Waals surface area contributed by atoms with Crippen LogP contribution < -0.4 is 11.1 Å². The average molecular weight is 428 g/mol. The van der Waals surface area contributed by atoms with E-state index in [1.165, 1.54) is 16.8 Å². The minimum absolute atomic E-state index is 0.233. The van der Waals surface area contributed by atoms with Crippen LogP contribution in [0.5, 0.6) is 0 Å². The van der Waals surface area contributed by atoms with E-state index in [1.807, 2.05) is 30.3 Å². The predicted molar refractivity (Wildman–Crippen MR) is 112 cm³/mol. The van der Waals surface area contributed by atoms with Crippen molar-refractivity contribution in [3.05, 3.63) is 60.2 Å². The van der Waals surface area contributed by atoms with Crippen LogP contribution in [0.2, 0.25) is 0 Å². The van der Waals surface area contributed by atoms with E-state index in [0.717, 1.165) is 17.7 Å². The van der Waals surface area contributed by atoms with Crippen LogP contribution in [0.15, 0.2) is 54.6 Å². The van der Waals surface area contributed by atoms with Crippen LogP contribution >= 0.6 is 0 Å². The fraction of sp³-hybridized carbons (Fsp3) is 0.190. The van der Waals surface area contributed by atoms with Crippen molar-refractivity contribution in [2.24, 2.45) is 0 Å². The van der Waals surface area contributed by atoms with Crippen LogP contribution in [0.3, 0.4) is 0 Å². The van der Waals surface area contributed by atoms with E-state index in [1.54, 1.807) is 7.11 Å². The van der Waals surface area contributed by atoms with Crippen LogP contribution in [-0.4, -0.2) is 40.0 Å². The molecule has 10 heteroatoms. The number of methoxy groups -OCH3 is 1. The van der Waals surface area contributed by atoms with Crippen molar-refractivity contribution in [1.82, 2.24) is 19.7 Å². The molecular formula is C21H19F3N6O. The molecular weight excluding hydrogens is 409 g/mol. The number of benzene rings is 2. The van der Waals surface area contributed by atoms with Crippen molar-refractivity contribution in [2.45, 2.75) is 6.18 Å². The number of aromatic nitrogens is 4. The first-order valence-electron chi connectivity index (χ1n) is 9.40. The molecule has 0 spiro atoms. The van der Waals surface area contributed by atoms with Crippen LogP contribution in [0.1, 0.15) is 5.56 Å². The van der Waals surface area contributed by atoms with Gasteiger partial charge in [-0.05, 0) is 24.3 Å². The molecule has 4 aromatic rings. The molecule has 0 aliphatic carbocycles. The summed E-state index contributed by atoms with van der Waals surface area (Å²) in [4.78, 5) is 9.02. The summed E-state index contributed by atoms with van der Waals surface area (Å²) in [7, 11) is 1.59. The number of rotatable bonds is 6. The van der Waals surface area contributed by atoms with Crippen molar-refractivity contribution in [2.75, 3.05) is 31.3 Å². The summed E-state index contributed by atoms with van der Waals surface area (Å²) in [6.07, 6.45) is -4.42. The summed E-state index contributed by atoms with van der Waals surface area (Å²) in [5.74, 6) is 0.581. The molecule has 160 valence electrons. The van der Waals surface area contributed by atoms with Crippen molar-refractivity contribution in [3.63, 3.8) is 0 Å². The van der Waals surface area contributed by atoms with Gasteiger partial charge < -0.3 is 15.8 Å². The number of hydrogen-bond donors (Lipinski definition) is 2. The van der Waals surface area contributed by atoms with E-state index in [2.05, 4.69) is 20.4 Å². The summed E-state index contributed by atoms with van der Waals surface area (Å²) < 4.78 is 45.1. The minimum Gasteiger partial charge on any atom is -0.383 e. The van der Waals surface area contributed by atoms with E-state index in [9.17, 15) is 13.2 Å². The predicted octanol–water partition coefficient (Wildman–Crippen LogP) is 4.14. The fourth-order valence-electron chi connectivity index (χ4n) is 3.15. The molecule has 0 saturated carbocycles. The number of nitrogen functional groups attached to an aromatic ring is 1. The summed E-state index contributed by atoms with van der Waals surface area (Å²) in [6.45, 7) is 0.954. The average Bonchev–Trinajstić information content (AvgIpc) is 3.10. The Morgan fingerprint density at radius 2 is 1.74 bits per heavy atom. The van der Waals surface area contributed by atoms with Gasteiger partial charge in [0.1, 0.15) is 5.82 Å². The number of anilines is 2. The number of alkyl halides is 3. The van der Waals surface area contributed by atoms with Crippen LogP contribution in [0, 0.1) is 0 Å². The van der Waals surface area contributed by atoms with Gasteiger partial charge in [-0.15, -0.1) is 5.10 Å². The largest absolute Gasteiger partial charge is 0.416 e. The lowest BCUT2D eigenvalue weighted by Gasteiger charge is -2.09. The Morgan fingerprint density at radius 3 is 2.39 bits per heavy atom. The van der Waals surface area contributed by atoms with Crippen molar-refractivity contribution in [1.29, 1.82) is 0 Å². The van der Waals surface area contributed by atoms with Gasteiger partial charge in [-0.2, -0.15) is 18.2 Å². The number of ether oxygens (including phenoxy) is 1. The summed E-state index contributed by atoms with van der Waals surface area (Å²) in [5.41, 5.74) is 7.70. The zero-order chi connectivity index (χ0) is 22.0. The van der Waals surface area contributed by atoms with Crippen molar-refractivity contribution < 1.29 is 17.9 Å². The third kappa shape index (κ3) is 4.15. The van der Waals surface area contributed by atoms with Crippen molar-refractivity contribution in [3.8, 4) is 16.9 Å². The zero-order valence-corrected chi connectivity index (χ0v) is 16.5. The molecule has 31 heavy (non-hydrogen) atoms. The topological polar surface area (TPSA) is 90.9 Å². The van der Waals surface area contributed by atoms with Gasteiger partial charge in [-0.25, -0.2) is 9.67 Å². The van der Waals surface area contributed by atoms with E-state index in [-0.39, 0.29) is 5.82 Å². The first-order chi connectivity index (χ1) is 14.9. The highest BCUT2D eigenvalue weighted by Crippen LogP contribution is 2.34. The number of fused-ring (bicyclic) bond motifs is 1. The SMILES string of the molecule is COCCNc1nc(-c2ccccc2)c2c(N)n(-c3ccc(C(F)(F)F)cc3)nc2n1. The van der Waals surface area contributed by atoms with Gasteiger partial charge >= 0.3 is 6.18 Å². The van der Waals surface area contributed by atoms with Crippen LogP contribution in [0.25, 0.3) is 28.0 Å². The lowest BCUT2D eigenvalue weighted by atomic mass is 10.1. The van der Waals surface area contributed by atoms with Gasteiger partial charge in [0.05, 0.1) is 28.9 Å². The quantitative estimate of drug-likeness (QED) is 0.449. The second-order valence-corrected chi connectivity index (χ2v) is 6.72. The molecule has 2 heterocycles. The van der Waals surface area contributed by atoms with Gasteiger partial charge in [0.25, 0.3) is 0 Å². The Labute approximate surface area is 175 Å². The Bertz CT molecular complexity index is 1190. The first kappa shape index (κ1) is 20.6. The highest BCUT2D eigenvalue weighted by atomic mass is 19.4. The molecule has 4 rings (SSSR count). The maximum atomic E-state index is 12.9.